The number of aryl methyl sites for hydroxylation is 3. The number of hydrogen-bond acceptors (Lipinski definition) is 4. The van der Waals surface area contributed by atoms with E-state index in [9.17, 15) is 4.79 Å². The second-order valence-corrected chi connectivity index (χ2v) is 8.36. The number of hydrogen-bond donors (Lipinski definition) is 2. The van der Waals surface area contributed by atoms with E-state index in [1.807, 2.05) is 18.2 Å². The first-order valence-electron chi connectivity index (χ1n) is 10.8. The van der Waals surface area contributed by atoms with Crippen molar-refractivity contribution in [3.63, 3.8) is 0 Å². The van der Waals surface area contributed by atoms with E-state index >= 15 is 0 Å². The fourth-order valence-electron chi connectivity index (χ4n) is 4.60. The Hall–Kier alpha value is -3.48. The van der Waals surface area contributed by atoms with Gasteiger partial charge in [0.1, 0.15) is 0 Å². The molecule has 31 heavy (non-hydrogen) atoms. The molecule has 7 nitrogen and oxygen atoms in total. The lowest BCUT2D eigenvalue weighted by Crippen LogP contribution is -2.30. The highest BCUT2D eigenvalue weighted by Gasteiger charge is 2.28. The van der Waals surface area contributed by atoms with E-state index in [1.165, 1.54) is 16.5 Å². The van der Waals surface area contributed by atoms with Gasteiger partial charge >= 0.3 is 0 Å². The number of H-pyrrole nitrogens is 1. The summed E-state index contributed by atoms with van der Waals surface area (Å²) in [5.74, 6) is 0.355. The molecule has 0 saturated heterocycles. The van der Waals surface area contributed by atoms with Gasteiger partial charge in [0, 0.05) is 24.2 Å². The standard InChI is InChI=1S/C24H26N6O/c1-15-12-18(14-25-24(31)19-10-6-7-11-30-23(19)27-28-29-30)22-20(13-15)16(2)21(26-22)17-8-4-3-5-9-17/h3-5,8-9,12-13,19,26H,6-7,10-11,14H2,1-2H3,(H,25,31)/t19-/m1/s1. The van der Waals surface area contributed by atoms with Gasteiger partial charge < -0.3 is 10.3 Å². The number of carbonyl (C=O) groups excluding carboxylic acids is 1. The lowest BCUT2D eigenvalue weighted by Gasteiger charge is -2.14. The lowest BCUT2D eigenvalue weighted by molar-refractivity contribution is -0.123. The van der Waals surface area contributed by atoms with Crippen LogP contribution < -0.4 is 5.32 Å². The van der Waals surface area contributed by atoms with E-state index in [1.54, 1.807) is 4.68 Å². The van der Waals surface area contributed by atoms with E-state index < -0.39 is 0 Å². The molecule has 7 heteroatoms. The molecule has 1 aliphatic heterocycles. The van der Waals surface area contributed by atoms with E-state index in [2.05, 4.69) is 63.9 Å². The molecule has 1 aliphatic rings. The number of rotatable bonds is 4. The zero-order valence-corrected chi connectivity index (χ0v) is 17.9. The maximum Gasteiger partial charge on any atom is 0.231 e. The molecule has 0 spiro atoms. The van der Waals surface area contributed by atoms with Gasteiger partial charge in [-0.15, -0.1) is 5.10 Å². The van der Waals surface area contributed by atoms with Gasteiger partial charge in [-0.05, 0) is 59.9 Å². The number of nitrogens with one attached hydrogen (secondary N) is 2. The number of tetrazole rings is 1. The van der Waals surface area contributed by atoms with Gasteiger partial charge in [-0.25, -0.2) is 4.68 Å². The summed E-state index contributed by atoms with van der Waals surface area (Å²) >= 11 is 0. The molecule has 158 valence electrons. The molecule has 2 aromatic heterocycles. The van der Waals surface area contributed by atoms with E-state index in [0.717, 1.165) is 48.1 Å². The Labute approximate surface area is 180 Å². The van der Waals surface area contributed by atoms with Crippen molar-refractivity contribution in [1.82, 2.24) is 30.5 Å². The molecule has 0 fully saturated rings. The summed E-state index contributed by atoms with van der Waals surface area (Å²) in [6.07, 6.45) is 2.74. The van der Waals surface area contributed by atoms with Crippen LogP contribution >= 0.6 is 0 Å². The average Bonchev–Trinajstić information content (AvgIpc) is 3.31. The Kier molecular flexibility index (Phi) is 5.02. The summed E-state index contributed by atoms with van der Waals surface area (Å²) in [4.78, 5) is 16.7. The molecule has 4 aromatic rings. The molecular weight excluding hydrogens is 388 g/mol. The second kappa shape index (κ2) is 7.98. The molecule has 2 aromatic carbocycles. The Bertz CT molecular complexity index is 1240. The molecule has 0 bridgehead atoms. The molecule has 0 radical (unpaired) electrons. The summed E-state index contributed by atoms with van der Waals surface area (Å²) < 4.78 is 1.77. The van der Waals surface area contributed by atoms with Crippen LogP contribution in [0.4, 0.5) is 0 Å². The van der Waals surface area contributed by atoms with Gasteiger partial charge in [0.15, 0.2) is 5.82 Å². The van der Waals surface area contributed by atoms with Crippen LogP contribution in [0, 0.1) is 13.8 Å². The van der Waals surface area contributed by atoms with Gasteiger partial charge in [-0.1, -0.05) is 48.4 Å². The van der Waals surface area contributed by atoms with Crippen LogP contribution in [0.1, 0.15) is 47.7 Å². The number of nitrogens with zero attached hydrogens (tertiary/aromatic N) is 4. The predicted octanol–water partition coefficient (Wildman–Crippen LogP) is 4.02. The van der Waals surface area contributed by atoms with Crippen molar-refractivity contribution in [3.8, 4) is 11.3 Å². The molecule has 1 atom stereocenters. The highest BCUT2D eigenvalue weighted by molar-refractivity contribution is 5.93. The predicted molar refractivity (Wildman–Crippen MR) is 119 cm³/mol. The number of carbonyl (C=O) groups is 1. The normalized spacial score (nSPS) is 16.1. The van der Waals surface area contributed by atoms with Gasteiger partial charge in [0.25, 0.3) is 0 Å². The SMILES string of the molecule is Cc1cc(CNC(=O)[C@@H]2CCCCn3nnnc32)c2[nH]c(-c3ccccc3)c(C)c2c1. The summed E-state index contributed by atoms with van der Waals surface area (Å²) in [5, 5.41) is 16.3. The minimum atomic E-state index is -0.303. The highest BCUT2D eigenvalue weighted by atomic mass is 16.1. The second-order valence-electron chi connectivity index (χ2n) is 8.36. The van der Waals surface area contributed by atoms with Crippen molar-refractivity contribution in [2.45, 2.75) is 52.1 Å². The maximum absolute atomic E-state index is 13.1. The minimum absolute atomic E-state index is 0.0147. The van der Waals surface area contributed by atoms with Crippen molar-refractivity contribution < 1.29 is 4.79 Å². The topological polar surface area (TPSA) is 88.5 Å². The van der Waals surface area contributed by atoms with E-state index in [4.69, 9.17) is 0 Å². The molecule has 5 rings (SSSR count). The summed E-state index contributed by atoms with van der Waals surface area (Å²) in [6, 6.07) is 14.7. The lowest BCUT2D eigenvalue weighted by atomic mass is 10.0. The van der Waals surface area contributed by atoms with Crippen molar-refractivity contribution in [1.29, 1.82) is 0 Å². The van der Waals surface area contributed by atoms with Crippen LogP contribution in [0.5, 0.6) is 0 Å². The minimum Gasteiger partial charge on any atom is -0.354 e. The van der Waals surface area contributed by atoms with Crippen LogP contribution in [0.15, 0.2) is 42.5 Å². The van der Waals surface area contributed by atoms with Gasteiger partial charge in [-0.3, -0.25) is 4.79 Å². The maximum atomic E-state index is 13.1. The smallest absolute Gasteiger partial charge is 0.231 e. The quantitative estimate of drug-likeness (QED) is 0.528. The Morgan fingerprint density at radius 1 is 1.19 bits per heavy atom. The van der Waals surface area contributed by atoms with Crippen LogP contribution in [-0.2, 0) is 17.9 Å². The summed E-state index contributed by atoms with van der Waals surface area (Å²) in [7, 11) is 0. The monoisotopic (exact) mass is 414 g/mol. The summed E-state index contributed by atoms with van der Waals surface area (Å²) in [6.45, 7) is 5.48. The fraction of sp³-hybridized carbons (Fsp3) is 0.333. The molecule has 2 N–H and O–H groups in total. The van der Waals surface area contributed by atoms with E-state index in [0.29, 0.717) is 12.4 Å². The Balaban J connectivity index is 1.44. The summed E-state index contributed by atoms with van der Waals surface area (Å²) in [5.41, 5.74) is 6.85. The number of aromatic amines is 1. The zero-order chi connectivity index (χ0) is 21.4. The average molecular weight is 415 g/mol. The third kappa shape index (κ3) is 3.60. The van der Waals surface area contributed by atoms with Crippen LogP contribution in [0.2, 0.25) is 0 Å². The fourth-order valence-corrected chi connectivity index (χ4v) is 4.60. The van der Waals surface area contributed by atoms with Gasteiger partial charge in [0.05, 0.1) is 11.4 Å². The van der Waals surface area contributed by atoms with Crippen LogP contribution in [0.3, 0.4) is 0 Å². The number of aromatic nitrogens is 5. The Morgan fingerprint density at radius 2 is 2.03 bits per heavy atom. The van der Waals surface area contributed by atoms with Crippen LogP contribution in [0.25, 0.3) is 22.2 Å². The largest absolute Gasteiger partial charge is 0.354 e. The third-order valence-electron chi connectivity index (χ3n) is 6.21. The molecule has 0 saturated carbocycles. The van der Waals surface area contributed by atoms with E-state index in [-0.39, 0.29) is 11.8 Å². The highest BCUT2D eigenvalue weighted by Crippen LogP contribution is 2.32. The molecular formula is C24H26N6O. The van der Waals surface area contributed by atoms with Gasteiger partial charge in [0.2, 0.25) is 5.91 Å². The first kappa shape index (κ1) is 19.5. The van der Waals surface area contributed by atoms with Crippen molar-refractivity contribution in [2.75, 3.05) is 0 Å². The van der Waals surface area contributed by atoms with Crippen molar-refractivity contribution in [3.05, 3.63) is 65.0 Å². The molecule has 0 unspecified atom stereocenters. The van der Waals surface area contributed by atoms with Gasteiger partial charge in [-0.2, -0.15) is 0 Å². The van der Waals surface area contributed by atoms with Crippen molar-refractivity contribution >= 4 is 16.8 Å². The molecule has 0 aliphatic carbocycles. The van der Waals surface area contributed by atoms with Crippen LogP contribution in [-0.4, -0.2) is 31.1 Å². The third-order valence-corrected chi connectivity index (χ3v) is 6.21. The Morgan fingerprint density at radius 3 is 2.87 bits per heavy atom. The molecule has 3 heterocycles. The number of fused-ring (bicyclic) bond motifs is 2. The molecule has 1 amide bonds. The number of amides is 1. The zero-order valence-electron chi connectivity index (χ0n) is 17.9. The number of benzene rings is 2. The van der Waals surface area contributed by atoms with Crippen molar-refractivity contribution in [2.24, 2.45) is 0 Å². The first-order chi connectivity index (χ1) is 15.1. The first-order valence-corrected chi connectivity index (χ1v) is 10.8.